The summed E-state index contributed by atoms with van der Waals surface area (Å²) in [5.74, 6) is 0.0117. The number of hydrogen-bond donors (Lipinski definition) is 3. The fraction of sp³-hybridized carbons (Fsp3) is 0.444. The van der Waals surface area contributed by atoms with Crippen LogP contribution in [0.25, 0.3) is 0 Å². The van der Waals surface area contributed by atoms with E-state index in [-0.39, 0.29) is 37.7 Å². The zero-order chi connectivity index (χ0) is 24.4. The van der Waals surface area contributed by atoms with E-state index in [1.54, 1.807) is 4.90 Å². The van der Waals surface area contributed by atoms with Crippen molar-refractivity contribution in [3.8, 4) is 0 Å². The second kappa shape index (κ2) is 12.7. The first-order valence-electron chi connectivity index (χ1n) is 11.8. The van der Waals surface area contributed by atoms with Crippen molar-refractivity contribution in [1.82, 2.24) is 10.2 Å². The summed E-state index contributed by atoms with van der Waals surface area (Å²) >= 11 is 0. The van der Waals surface area contributed by atoms with Crippen LogP contribution in [0.5, 0.6) is 0 Å². The SMILES string of the molecule is C=C(OCc1ccccc1)C(O)(C[C@@H](CC(=O)N1CCNCC1)OCc1ccccc1)[C@@H](C)O. The topological polar surface area (TPSA) is 91.3 Å². The van der Waals surface area contributed by atoms with Gasteiger partial charge >= 0.3 is 0 Å². The number of amides is 1. The monoisotopic (exact) mass is 468 g/mol. The highest BCUT2D eigenvalue weighted by molar-refractivity contribution is 5.76. The van der Waals surface area contributed by atoms with Crippen LogP contribution in [0.3, 0.4) is 0 Å². The quantitative estimate of drug-likeness (QED) is 0.415. The molecule has 0 saturated carbocycles. The molecular weight excluding hydrogens is 432 g/mol. The number of rotatable bonds is 12. The van der Waals surface area contributed by atoms with Gasteiger partial charge in [-0.15, -0.1) is 0 Å². The lowest BCUT2D eigenvalue weighted by atomic mass is 9.87. The number of carbonyl (C=O) groups is 1. The normalized spacial score (nSPS) is 17.4. The van der Waals surface area contributed by atoms with Crippen LogP contribution in [-0.2, 0) is 27.5 Å². The highest BCUT2D eigenvalue weighted by atomic mass is 16.5. The molecule has 1 heterocycles. The molecule has 184 valence electrons. The summed E-state index contributed by atoms with van der Waals surface area (Å²) in [7, 11) is 0. The third kappa shape index (κ3) is 7.40. The smallest absolute Gasteiger partial charge is 0.225 e. The van der Waals surface area contributed by atoms with Gasteiger partial charge in [0.15, 0.2) is 0 Å². The first-order valence-corrected chi connectivity index (χ1v) is 11.8. The van der Waals surface area contributed by atoms with Gasteiger partial charge in [-0.1, -0.05) is 67.2 Å². The maximum absolute atomic E-state index is 13.0. The minimum absolute atomic E-state index is 0.0248. The highest BCUT2D eigenvalue weighted by Crippen LogP contribution is 2.30. The van der Waals surface area contributed by atoms with E-state index in [1.165, 1.54) is 6.92 Å². The number of piperazine rings is 1. The van der Waals surface area contributed by atoms with Crippen LogP contribution in [0.4, 0.5) is 0 Å². The van der Waals surface area contributed by atoms with E-state index in [4.69, 9.17) is 9.47 Å². The molecule has 34 heavy (non-hydrogen) atoms. The van der Waals surface area contributed by atoms with Gasteiger partial charge in [-0.05, 0) is 18.1 Å². The van der Waals surface area contributed by atoms with Crippen LogP contribution in [0.2, 0.25) is 0 Å². The van der Waals surface area contributed by atoms with E-state index < -0.39 is 17.8 Å². The molecule has 0 aromatic heterocycles. The van der Waals surface area contributed by atoms with Crippen LogP contribution >= 0.6 is 0 Å². The molecule has 1 fully saturated rings. The first-order chi connectivity index (χ1) is 16.4. The van der Waals surface area contributed by atoms with Crippen LogP contribution in [0.15, 0.2) is 73.0 Å². The fourth-order valence-corrected chi connectivity index (χ4v) is 3.95. The van der Waals surface area contributed by atoms with Gasteiger partial charge in [0.1, 0.15) is 18.0 Å². The van der Waals surface area contributed by atoms with E-state index in [2.05, 4.69) is 11.9 Å². The second-order valence-electron chi connectivity index (χ2n) is 8.76. The minimum atomic E-state index is -1.78. The zero-order valence-corrected chi connectivity index (χ0v) is 19.9. The predicted molar refractivity (Wildman–Crippen MR) is 131 cm³/mol. The van der Waals surface area contributed by atoms with E-state index in [1.807, 2.05) is 60.7 Å². The Kier molecular flexibility index (Phi) is 9.65. The summed E-state index contributed by atoms with van der Waals surface area (Å²) in [6.07, 6.45) is -1.75. The standard InChI is InChI=1S/C27H36N2O5/c1-21(30)27(32,22(2)33-19-23-9-5-3-6-10-23)18-25(34-20-24-11-7-4-8-12-24)17-26(31)29-15-13-28-14-16-29/h3-12,21,25,28,30,32H,2,13-20H2,1H3/t21-,25-,27?/m1/s1. The lowest BCUT2D eigenvalue weighted by molar-refractivity contribution is -0.140. The summed E-state index contributed by atoms with van der Waals surface area (Å²) in [6, 6.07) is 19.2. The summed E-state index contributed by atoms with van der Waals surface area (Å²) in [5, 5.41) is 25.2. The van der Waals surface area contributed by atoms with Gasteiger partial charge in [0.25, 0.3) is 0 Å². The lowest BCUT2D eigenvalue weighted by Crippen LogP contribution is -2.49. The number of nitrogens with zero attached hydrogens (tertiary/aromatic N) is 1. The Morgan fingerprint density at radius 2 is 1.62 bits per heavy atom. The van der Waals surface area contributed by atoms with E-state index in [0.717, 1.165) is 24.2 Å². The van der Waals surface area contributed by atoms with Gasteiger partial charge in [0.05, 0.1) is 25.2 Å². The molecule has 1 unspecified atom stereocenters. The van der Waals surface area contributed by atoms with Crippen molar-refractivity contribution < 1.29 is 24.5 Å². The molecule has 1 aliphatic heterocycles. The van der Waals surface area contributed by atoms with Crippen molar-refractivity contribution in [2.24, 2.45) is 0 Å². The number of nitrogens with one attached hydrogen (secondary N) is 1. The average molecular weight is 469 g/mol. The molecule has 7 nitrogen and oxygen atoms in total. The van der Waals surface area contributed by atoms with Gasteiger partial charge in [-0.2, -0.15) is 0 Å². The van der Waals surface area contributed by atoms with E-state index in [0.29, 0.717) is 13.1 Å². The van der Waals surface area contributed by atoms with Crippen molar-refractivity contribution in [3.05, 3.63) is 84.1 Å². The Hall–Kier alpha value is -2.71. The van der Waals surface area contributed by atoms with E-state index >= 15 is 0 Å². The third-order valence-electron chi connectivity index (χ3n) is 6.17. The Morgan fingerprint density at radius 1 is 1.06 bits per heavy atom. The minimum Gasteiger partial charge on any atom is -0.491 e. The Labute approximate surface area is 202 Å². The summed E-state index contributed by atoms with van der Waals surface area (Å²) < 4.78 is 11.9. The van der Waals surface area contributed by atoms with Gasteiger partial charge in [0, 0.05) is 32.6 Å². The number of carbonyl (C=O) groups excluding carboxylic acids is 1. The maximum Gasteiger partial charge on any atom is 0.225 e. The third-order valence-corrected chi connectivity index (χ3v) is 6.17. The molecule has 3 atom stereocenters. The number of ether oxygens (including phenoxy) is 2. The molecule has 1 amide bonds. The highest BCUT2D eigenvalue weighted by Gasteiger charge is 2.41. The largest absolute Gasteiger partial charge is 0.491 e. The van der Waals surface area contributed by atoms with Crippen molar-refractivity contribution in [2.45, 2.75) is 50.8 Å². The molecule has 2 aromatic carbocycles. The number of benzene rings is 2. The van der Waals surface area contributed by atoms with Gasteiger partial charge in [-0.3, -0.25) is 4.79 Å². The van der Waals surface area contributed by atoms with Crippen LogP contribution < -0.4 is 5.32 Å². The molecule has 2 aromatic rings. The van der Waals surface area contributed by atoms with Crippen molar-refractivity contribution >= 4 is 5.91 Å². The van der Waals surface area contributed by atoms with Crippen LogP contribution in [0.1, 0.15) is 30.9 Å². The Bertz CT molecular complexity index is 900. The average Bonchev–Trinajstić information content (AvgIpc) is 2.87. The molecule has 7 heteroatoms. The Balaban J connectivity index is 1.71. The Morgan fingerprint density at radius 3 is 2.18 bits per heavy atom. The maximum atomic E-state index is 13.0. The number of hydrogen-bond acceptors (Lipinski definition) is 6. The first kappa shape index (κ1) is 25.9. The molecule has 1 aliphatic rings. The van der Waals surface area contributed by atoms with Crippen molar-refractivity contribution in [3.63, 3.8) is 0 Å². The summed E-state index contributed by atoms with van der Waals surface area (Å²) in [5.41, 5.74) is 0.101. The fourth-order valence-electron chi connectivity index (χ4n) is 3.95. The molecule has 1 saturated heterocycles. The zero-order valence-electron chi connectivity index (χ0n) is 19.9. The van der Waals surface area contributed by atoms with E-state index in [9.17, 15) is 15.0 Å². The lowest BCUT2D eigenvalue weighted by Gasteiger charge is -2.36. The molecule has 0 bridgehead atoms. The van der Waals surface area contributed by atoms with Crippen molar-refractivity contribution in [2.75, 3.05) is 26.2 Å². The second-order valence-corrected chi connectivity index (χ2v) is 8.76. The molecule has 0 aliphatic carbocycles. The molecule has 3 rings (SSSR count). The molecule has 3 N–H and O–H groups in total. The van der Waals surface area contributed by atoms with Gasteiger partial charge in [0.2, 0.25) is 5.91 Å². The predicted octanol–water partition coefficient (Wildman–Crippen LogP) is 2.63. The molecule has 0 radical (unpaired) electrons. The van der Waals surface area contributed by atoms with Crippen molar-refractivity contribution in [1.29, 1.82) is 0 Å². The number of aliphatic hydroxyl groups is 2. The summed E-state index contributed by atoms with van der Waals surface area (Å²) in [6.45, 7) is 8.68. The van der Waals surface area contributed by atoms with Crippen LogP contribution in [0, 0.1) is 0 Å². The molecular formula is C27H36N2O5. The molecule has 0 spiro atoms. The number of aliphatic hydroxyl groups excluding tert-OH is 1. The summed E-state index contributed by atoms with van der Waals surface area (Å²) in [4.78, 5) is 14.8. The van der Waals surface area contributed by atoms with Gasteiger partial charge < -0.3 is 29.9 Å². The van der Waals surface area contributed by atoms with Crippen LogP contribution in [-0.4, -0.2) is 65.0 Å². The van der Waals surface area contributed by atoms with Gasteiger partial charge in [-0.25, -0.2) is 0 Å².